The number of amides is 1. The fourth-order valence-electron chi connectivity index (χ4n) is 4.09. The summed E-state index contributed by atoms with van der Waals surface area (Å²) < 4.78 is 1.74. The Balaban J connectivity index is 1.37. The minimum atomic E-state index is 0.180. The zero-order valence-electron chi connectivity index (χ0n) is 19.0. The molecule has 9 heteroatoms. The summed E-state index contributed by atoms with van der Waals surface area (Å²) in [5, 5.41) is 4.23. The Morgan fingerprint density at radius 1 is 1.06 bits per heavy atom. The Morgan fingerprint density at radius 3 is 2.52 bits per heavy atom. The molecule has 0 aliphatic carbocycles. The van der Waals surface area contributed by atoms with Gasteiger partial charge in [0.15, 0.2) is 0 Å². The van der Waals surface area contributed by atoms with Crippen LogP contribution in [0.5, 0.6) is 0 Å². The van der Waals surface area contributed by atoms with E-state index >= 15 is 0 Å². The van der Waals surface area contributed by atoms with E-state index in [1.165, 1.54) is 6.33 Å². The fraction of sp³-hybridized carbons (Fsp3) is 0.545. The van der Waals surface area contributed by atoms with Crippen molar-refractivity contribution in [1.82, 2.24) is 34.4 Å². The highest BCUT2D eigenvalue weighted by Crippen LogP contribution is 2.20. The van der Waals surface area contributed by atoms with Crippen molar-refractivity contribution in [3.05, 3.63) is 40.9 Å². The van der Waals surface area contributed by atoms with Crippen LogP contribution in [0.3, 0.4) is 0 Å². The lowest BCUT2D eigenvalue weighted by Gasteiger charge is -2.35. The molecule has 9 nitrogen and oxygen atoms in total. The second kappa shape index (κ2) is 8.56. The van der Waals surface area contributed by atoms with Gasteiger partial charge in [-0.05, 0) is 32.8 Å². The second-order valence-electron chi connectivity index (χ2n) is 8.48. The van der Waals surface area contributed by atoms with E-state index in [0.717, 1.165) is 47.4 Å². The number of nitrogens with zero attached hydrogens (tertiary/aromatic N) is 8. The summed E-state index contributed by atoms with van der Waals surface area (Å²) in [6.45, 7) is 13.2. The molecule has 0 atom stereocenters. The van der Waals surface area contributed by atoms with Crippen molar-refractivity contribution in [1.29, 1.82) is 0 Å². The number of hydrogen-bond acceptors (Lipinski definition) is 7. The normalized spacial score (nSPS) is 14.6. The summed E-state index contributed by atoms with van der Waals surface area (Å²) in [6, 6.07) is 2.03. The Labute approximate surface area is 182 Å². The smallest absolute Gasteiger partial charge is 0.252 e. The number of rotatable bonds is 5. The van der Waals surface area contributed by atoms with Gasteiger partial charge in [-0.25, -0.2) is 19.5 Å². The highest BCUT2D eigenvalue weighted by molar-refractivity contribution is 5.77. The minimum absolute atomic E-state index is 0.180. The average molecular weight is 423 g/mol. The molecule has 3 aromatic rings. The maximum absolute atomic E-state index is 12.9. The van der Waals surface area contributed by atoms with E-state index in [0.29, 0.717) is 37.6 Å². The Bertz CT molecular complexity index is 1100. The number of carbonyl (C=O) groups is 1. The monoisotopic (exact) mass is 422 g/mol. The number of piperazine rings is 1. The number of hydrogen-bond donors (Lipinski definition) is 0. The second-order valence-corrected chi connectivity index (χ2v) is 8.48. The van der Waals surface area contributed by atoms with Crippen molar-refractivity contribution in [3.63, 3.8) is 0 Å². The maximum atomic E-state index is 12.9. The highest BCUT2D eigenvalue weighted by Gasteiger charge is 2.23. The van der Waals surface area contributed by atoms with Crippen molar-refractivity contribution in [2.24, 2.45) is 0 Å². The van der Waals surface area contributed by atoms with Gasteiger partial charge in [-0.1, -0.05) is 13.8 Å². The SMILES string of the molecule is Cc1cc(N2CCN(C(=O)CCc3c(C)nc4ncnn4c3C)CC2)nc(C(C)C)n1. The maximum Gasteiger partial charge on any atom is 0.252 e. The summed E-state index contributed by atoms with van der Waals surface area (Å²) in [5.41, 5.74) is 3.96. The largest absolute Gasteiger partial charge is 0.353 e. The summed E-state index contributed by atoms with van der Waals surface area (Å²) in [7, 11) is 0. The first-order chi connectivity index (χ1) is 14.8. The van der Waals surface area contributed by atoms with E-state index in [9.17, 15) is 4.79 Å². The number of anilines is 1. The number of aromatic nitrogens is 6. The summed E-state index contributed by atoms with van der Waals surface area (Å²) in [4.78, 5) is 35.0. The molecule has 0 unspecified atom stereocenters. The van der Waals surface area contributed by atoms with Gasteiger partial charge in [0, 0.05) is 61.7 Å². The van der Waals surface area contributed by atoms with Crippen LogP contribution in [0.15, 0.2) is 12.4 Å². The molecule has 0 radical (unpaired) electrons. The first-order valence-corrected chi connectivity index (χ1v) is 10.9. The minimum Gasteiger partial charge on any atom is -0.353 e. The van der Waals surface area contributed by atoms with Gasteiger partial charge in [-0.2, -0.15) is 10.1 Å². The van der Waals surface area contributed by atoms with Crippen molar-refractivity contribution in [3.8, 4) is 0 Å². The third-order valence-electron chi connectivity index (χ3n) is 5.91. The van der Waals surface area contributed by atoms with Crippen LogP contribution in [-0.4, -0.2) is 66.5 Å². The molecule has 3 aromatic heterocycles. The van der Waals surface area contributed by atoms with E-state index in [2.05, 4.69) is 38.8 Å². The van der Waals surface area contributed by atoms with Crippen LogP contribution in [0.2, 0.25) is 0 Å². The van der Waals surface area contributed by atoms with Gasteiger partial charge >= 0.3 is 0 Å². The van der Waals surface area contributed by atoms with E-state index in [1.807, 2.05) is 31.7 Å². The van der Waals surface area contributed by atoms with Crippen LogP contribution in [0.4, 0.5) is 5.82 Å². The lowest BCUT2D eigenvalue weighted by Crippen LogP contribution is -2.49. The molecule has 1 amide bonds. The molecule has 0 aromatic carbocycles. The lowest BCUT2D eigenvalue weighted by molar-refractivity contribution is -0.131. The molecule has 31 heavy (non-hydrogen) atoms. The van der Waals surface area contributed by atoms with Crippen LogP contribution in [0, 0.1) is 20.8 Å². The quantitative estimate of drug-likeness (QED) is 0.623. The molecular weight excluding hydrogens is 392 g/mol. The molecule has 1 saturated heterocycles. The molecule has 0 bridgehead atoms. The van der Waals surface area contributed by atoms with Gasteiger partial charge in [-0.3, -0.25) is 4.79 Å². The molecular formula is C22H30N8O. The molecule has 0 N–H and O–H groups in total. The Hall–Kier alpha value is -3.10. The Morgan fingerprint density at radius 2 is 1.81 bits per heavy atom. The highest BCUT2D eigenvalue weighted by atomic mass is 16.2. The van der Waals surface area contributed by atoms with Crippen molar-refractivity contribution in [2.45, 2.75) is 53.4 Å². The predicted molar refractivity (Wildman–Crippen MR) is 118 cm³/mol. The zero-order chi connectivity index (χ0) is 22.1. The molecule has 4 heterocycles. The van der Waals surface area contributed by atoms with E-state index < -0.39 is 0 Å². The van der Waals surface area contributed by atoms with E-state index in [1.54, 1.807) is 4.52 Å². The van der Waals surface area contributed by atoms with Crippen LogP contribution < -0.4 is 4.90 Å². The van der Waals surface area contributed by atoms with Crippen molar-refractivity contribution in [2.75, 3.05) is 31.1 Å². The number of fused-ring (bicyclic) bond motifs is 1. The molecule has 164 valence electrons. The summed E-state index contributed by atoms with van der Waals surface area (Å²) in [5.74, 6) is 2.90. The average Bonchev–Trinajstić information content (AvgIpc) is 3.21. The van der Waals surface area contributed by atoms with Gasteiger partial charge in [0.05, 0.1) is 0 Å². The topological polar surface area (TPSA) is 92.4 Å². The molecule has 1 aliphatic heterocycles. The molecule has 0 saturated carbocycles. The lowest BCUT2D eigenvalue weighted by atomic mass is 10.1. The summed E-state index contributed by atoms with van der Waals surface area (Å²) in [6.07, 6.45) is 2.63. The summed E-state index contributed by atoms with van der Waals surface area (Å²) >= 11 is 0. The first-order valence-electron chi connectivity index (χ1n) is 10.9. The zero-order valence-corrected chi connectivity index (χ0v) is 19.0. The van der Waals surface area contributed by atoms with Crippen molar-refractivity contribution < 1.29 is 4.79 Å². The molecule has 1 fully saturated rings. The van der Waals surface area contributed by atoms with E-state index in [4.69, 9.17) is 4.98 Å². The molecule has 4 rings (SSSR count). The van der Waals surface area contributed by atoms with Crippen molar-refractivity contribution >= 4 is 17.5 Å². The van der Waals surface area contributed by atoms with Gasteiger partial charge < -0.3 is 9.80 Å². The number of carbonyl (C=O) groups excluding carboxylic acids is 1. The van der Waals surface area contributed by atoms with Gasteiger partial charge in [-0.15, -0.1) is 0 Å². The fourth-order valence-corrected chi connectivity index (χ4v) is 4.09. The standard InChI is InChI=1S/C22H30N8O/c1-14(2)21-25-15(3)12-19(27-21)28-8-10-29(11-9-28)20(31)7-6-18-16(4)26-22-23-13-24-30(22)17(18)5/h12-14H,6-11H2,1-5H3. The van der Waals surface area contributed by atoms with Gasteiger partial charge in [0.1, 0.15) is 18.0 Å². The van der Waals surface area contributed by atoms with E-state index in [-0.39, 0.29) is 5.91 Å². The van der Waals surface area contributed by atoms with Crippen LogP contribution >= 0.6 is 0 Å². The Kier molecular flexibility index (Phi) is 5.84. The molecule has 1 aliphatic rings. The predicted octanol–water partition coefficient (Wildman–Crippen LogP) is 2.24. The first kappa shape index (κ1) is 21.1. The van der Waals surface area contributed by atoms with Crippen LogP contribution in [-0.2, 0) is 11.2 Å². The number of aryl methyl sites for hydroxylation is 3. The van der Waals surface area contributed by atoms with Gasteiger partial charge in [0.25, 0.3) is 5.78 Å². The molecule has 0 spiro atoms. The van der Waals surface area contributed by atoms with Crippen LogP contribution in [0.25, 0.3) is 5.78 Å². The van der Waals surface area contributed by atoms with Crippen LogP contribution in [0.1, 0.15) is 54.7 Å². The third-order valence-corrected chi connectivity index (χ3v) is 5.91. The third kappa shape index (κ3) is 4.35. The van der Waals surface area contributed by atoms with Gasteiger partial charge in [0.2, 0.25) is 5.91 Å².